The summed E-state index contributed by atoms with van der Waals surface area (Å²) in [7, 11) is 3.29. The molecule has 4 heteroatoms. The molecule has 0 heterocycles. The maximum atomic E-state index is 11.9. The molecule has 17 heavy (non-hydrogen) atoms. The lowest BCUT2D eigenvalue weighted by atomic mass is 10.2. The highest BCUT2D eigenvalue weighted by atomic mass is 16.5. The van der Waals surface area contributed by atoms with Crippen molar-refractivity contribution in [3.8, 4) is 5.75 Å². The Bertz CT molecular complexity index is 377. The number of aliphatic hydroxyl groups excluding tert-OH is 1. The van der Waals surface area contributed by atoms with Gasteiger partial charge >= 0.3 is 0 Å². The lowest BCUT2D eigenvalue weighted by molar-refractivity contribution is -0.118. The highest BCUT2D eigenvalue weighted by Gasteiger charge is 2.14. The maximum Gasteiger partial charge on any atom is 0.226 e. The average Bonchev–Trinajstić information content (AvgIpc) is 2.34. The summed E-state index contributed by atoms with van der Waals surface area (Å²) in [6.45, 7) is 1.68. The largest absolute Gasteiger partial charge is 0.495 e. The van der Waals surface area contributed by atoms with Crippen LogP contribution in [0.1, 0.15) is 19.8 Å². The predicted molar refractivity (Wildman–Crippen MR) is 67.3 cm³/mol. The number of ether oxygens (including phenoxy) is 1. The average molecular weight is 237 g/mol. The van der Waals surface area contributed by atoms with Gasteiger partial charge in [0.15, 0.2) is 0 Å². The molecule has 1 unspecified atom stereocenters. The van der Waals surface area contributed by atoms with Crippen molar-refractivity contribution in [3.63, 3.8) is 0 Å². The van der Waals surface area contributed by atoms with E-state index >= 15 is 0 Å². The summed E-state index contributed by atoms with van der Waals surface area (Å²) in [5.74, 6) is 0.635. The molecular weight excluding hydrogens is 218 g/mol. The molecule has 1 rings (SSSR count). The van der Waals surface area contributed by atoms with E-state index in [1.54, 1.807) is 26.0 Å². The fourth-order valence-electron chi connectivity index (χ4n) is 1.54. The number of para-hydroxylation sites is 2. The first-order valence-electron chi connectivity index (χ1n) is 5.64. The van der Waals surface area contributed by atoms with Crippen LogP contribution in [-0.4, -0.2) is 31.3 Å². The molecule has 1 N–H and O–H groups in total. The first-order valence-corrected chi connectivity index (χ1v) is 5.64. The molecule has 0 spiro atoms. The van der Waals surface area contributed by atoms with E-state index < -0.39 is 6.10 Å². The molecule has 94 valence electrons. The topological polar surface area (TPSA) is 49.8 Å². The van der Waals surface area contributed by atoms with Crippen molar-refractivity contribution in [2.45, 2.75) is 25.9 Å². The van der Waals surface area contributed by atoms with Crippen LogP contribution >= 0.6 is 0 Å². The van der Waals surface area contributed by atoms with Crippen LogP contribution in [0.5, 0.6) is 5.75 Å². The summed E-state index contributed by atoms with van der Waals surface area (Å²) >= 11 is 0. The van der Waals surface area contributed by atoms with E-state index in [2.05, 4.69) is 0 Å². The van der Waals surface area contributed by atoms with Crippen LogP contribution in [0, 0.1) is 0 Å². The molecular formula is C13H19NO3. The van der Waals surface area contributed by atoms with Gasteiger partial charge in [0.05, 0.1) is 18.9 Å². The van der Waals surface area contributed by atoms with Crippen molar-refractivity contribution in [3.05, 3.63) is 24.3 Å². The van der Waals surface area contributed by atoms with Gasteiger partial charge in [0, 0.05) is 13.5 Å². The number of aliphatic hydroxyl groups is 1. The van der Waals surface area contributed by atoms with Crippen molar-refractivity contribution in [1.29, 1.82) is 0 Å². The number of hydrogen-bond acceptors (Lipinski definition) is 3. The van der Waals surface area contributed by atoms with Crippen LogP contribution in [-0.2, 0) is 4.79 Å². The van der Waals surface area contributed by atoms with Crippen molar-refractivity contribution >= 4 is 11.6 Å². The zero-order valence-electron chi connectivity index (χ0n) is 10.5. The van der Waals surface area contributed by atoms with Crippen LogP contribution in [0.2, 0.25) is 0 Å². The van der Waals surface area contributed by atoms with Gasteiger partial charge in [0.25, 0.3) is 0 Å². The van der Waals surface area contributed by atoms with Crippen LogP contribution < -0.4 is 9.64 Å². The quantitative estimate of drug-likeness (QED) is 0.849. The third-order valence-electron chi connectivity index (χ3n) is 2.60. The Hall–Kier alpha value is -1.55. The van der Waals surface area contributed by atoms with Gasteiger partial charge in [-0.15, -0.1) is 0 Å². The van der Waals surface area contributed by atoms with Crippen LogP contribution in [0.3, 0.4) is 0 Å². The highest BCUT2D eigenvalue weighted by molar-refractivity contribution is 5.94. The molecule has 0 radical (unpaired) electrons. The molecule has 1 amide bonds. The molecule has 0 aliphatic heterocycles. The fourth-order valence-corrected chi connectivity index (χ4v) is 1.54. The summed E-state index contributed by atoms with van der Waals surface area (Å²) < 4.78 is 5.20. The Balaban J connectivity index is 2.74. The summed E-state index contributed by atoms with van der Waals surface area (Å²) in [5.41, 5.74) is 0.741. The lowest BCUT2D eigenvalue weighted by Gasteiger charge is -2.20. The summed E-state index contributed by atoms with van der Waals surface area (Å²) in [6.07, 6.45) is 0.342. The van der Waals surface area contributed by atoms with Crippen molar-refractivity contribution in [2.75, 3.05) is 19.1 Å². The van der Waals surface area contributed by atoms with E-state index in [-0.39, 0.29) is 5.91 Å². The van der Waals surface area contributed by atoms with Gasteiger partial charge in [-0.25, -0.2) is 0 Å². The molecule has 0 fully saturated rings. The number of carbonyl (C=O) groups excluding carboxylic acids is 1. The monoisotopic (exact) mass is 237 g/mol. The van der Waals surface area contributed by atoms with E-state index in [0.29, 0.717) is 18.6 Å². The van der Waals surface area contributed by atoms with Gasteiger partial charge < -0.3 is 14.7 Å². The van der Waals surface area contributed by atoms with Crippen molar-refractivity contribution in [2.24, 2.45) is 0 Å². The molecule has 0 bridgehead atoms. The van der Waals surface area contributed by atoms with Gasteiger partial charge in [-0.05, 0) is 25.5 Å². The Morgan fingerprint density at radius 2 is 2.12 bits per heavy atom. The number of carbonyl (C=O) groups is 1. The maximum absolute atomic E-state index is 11.9. The summed E-state index contributed by atoms with van der Waals surface area (Å²) in [6, 6.07) is 7.36. The first kappa shape index (κ1) is 13.5. The molecule has 0 saturated carbocycles. The minimum absolute atomic E-state index is 0.0320. The summed E-state index contributed by atoms with van der Waals surface area (Å²) in [4.78, 5) is 13.4. The number of hydrogen-bond donors (Lipinski definition) is 1. The van der Waals surface area contributed by atoms with Gasteiger partial charge in [-0.3, -0.25) is 4.79 Å². The minimum Gasteiger partial charge on any atom is -0.495 e. The Kier molecular flexibility index (Phi) is 4.97. The fraction of sp³-hybridized carbons (Fsp3) is 0.462. The molecule has 0 aromatic heterocycles. The lowest BCUT2D eigenvalue weighted by Crippen LogP contribution is -2.27. The molecule has 0 aliphatic rings. The van der Waals surface area contributed by atoms with Crippen LogP contribution in [0.25, 0.3) is 0 Å². The van der Waals surface area contributed by atoms with E-state index in [9.17, 15) is 4.79 Å². The second-order valence-electron chi connectivity index (χ2n) is 4.01. The molecule has 0 aliphatic carbocycles. The summed E-state index contributed by atoms with van der Waals surface area (Å²) in [5, 5.41) is 9.16. The Labute approximate surface area is 102 Å². The molecule has 1 atom stereocenters. The highest BCUT2D eigenvalue weighted by Crippen LogP contribution is 2.27. The van der Waals surface area contributed by atoms with E-state index in [1.807, 2.05) is 24.3 Å². The Morgan fingerprint density at radius 1 is 1.47 bits per heavy atom. The van der Waals surface area contributed by atoms with Gasteiger partial charge in [0.2, 0.25) is 5.91 Å². The minimum atomic E-state index is -0.454. The number of rotatable bonds is 5. The molecule has 0 saturated heterocycles. The second kappa shape index (κ2) is 6.25. The molecule has 4 nitrogen and oxygen atoms in total. The molecule has 1 aromatic rings. The van der Waals surface area contributed by atoms with Gasteiger partial charge in [0.1, 0.15) is 5.75 Å². The Morgan fingerprint density at radius 3 is 2.71 bits per heavy atom. The number of benzene rings is 1. The van der Waals surface area contributed by atoms with Crippen molar-refractivity contribution < 1.29 is 14.6 Å². The number of nitrogens with zero attached hydrogens (tertiary/aromatic N) is 1. The van der Waals surface area contributed by atoms with Crippen LogP contribution in [0.15, 0.2) is 24.3 Å². The van der Waals surface area contributed by atoms with E-state index in [4.69, 9.17) is 9.84 Å². The number of methoxy groups -OCH3 is 1. The van der Waals surface area contributed by atoms with Crippen molar-refractivity contribution in [1.82, 2.24) is 0 Å². The normalized spacial score (nSPS) is 12.0. The van der Waals surface area contributed by atoms with E-state index in [0.717, 1.165) is 5.69 Å². The third kappa shape index (κ3) is 3.75. The standard InChI is InChI=1S/C13H19NO3/c1-10(15)8-9-13(16)14(2)11-6-4-5-7-12(11)17-3/h4-7,10,15H,8-9H2,1-3H3. The van der Waals surface area contributed by atoms with Gasteiger partial charge in [-0.2, -0.15) is 0 Å². The first-order chi connectivity index (χ1) is 8.06. The SMILES string of the molecule is COc1ccccc1N(C)C(=O)CCC(C)O. The molecule has 1 aromatic carbocycles. The third-order valence-corrected chi connectivity index (χ3v) is 2.60. The second-order valence-corrected chi connectivity index (χ2v) is 4.01. The number of amides is 1. The predicted octanol–water partition coefficient (Wildman–Crippen LogP) is 1.82. The number of anilines is 1. The van der Waals surface area contributed by atoms with Gasteiger partial charge in [-0.1, -0.05) is 12.1 Å². The smallest absolute Gasteiger partial charge is 0.226 e. The zero-order valence-corrected chi connectivity index (χ0v) is 10.5. The zero-order chi connectivity index (χ0) is 12.8. The van der Waals surface area contributed by atoms with E-state index in [1.165, 1.54) is 0 Å². The van der Waals surface area contributed by atoms with Crippen LogP contribution in [0.4, 0.5) is 5.69 Å².